The maximum absolute atomic E-state index is 5.61. The molecule has 4 nitrogen and oxygen atoms in total. The van der Waals surface area contributed by atoms with Gasteiger partial charge in [0.15, 0.2) is 0 Å². The molecule has 0 spiro atoms. The van der Waals surface area contributed by atoms with Gasteiger partial charge in [-0.2, -0.15) is 0 Å². The fourth-order valence-electron chi connectivity index (χ4n) is 5.25. The molecule has 0 aromatic heterocycles. The third kappa shape index (κ3) is 19.6. The Bertz CT molecular complexity index is 595. The van der Waals surface area contributed by atoms with Gasteiger partial charge in [-0.1, -0.05) is 140 Å². The van der Waals surface area contributed by atoms with Crippen molar-refractivity contribution in [3.8, 4) is 0 Å². The second-order valence-electron chi connectivity index (χ2n) is 10.8. The van der Waals surface area contributed by atoms with Gasteiger partial charge < -0.3 is 13.3 Å². The third-order valence-electron chi connectivity index (χ3n) is 7.72. The minimum Gasteiger partial charge on any atom is -0.377 e. The maximum atomic E-state index is 5.61. The topological polar surface area (TPSA) is 30.9 Å². The second kappa shape index (κ2) is 26.8. The largest absolute Gasteiger partial charge is 0.500 e. The lowest BCUT2D eigenvalue weighted by atomic mass is 10.0. The van der Waals surface area contributed by atoms with Crippen molar-refractivity contribution >= 4 is 21.2 Å². The van der Waals surface area contributed by atoms with Crippen LogP contribution in [0.15, 0.2) is 30.3 Å². The average molecular weight is 572 g/mol. The van der Waals surface area contributed by atoms with Gasteiger partial charge >= 0.3 is 8.80 Å². The first kappa shape index (κ1) is 37.6. The number of unbranched alkanes of at least 4 members (excludes halogenated alkanes) is 16. The highest BCUT2D eigenvalue weighted by atomic mass is 35.5. The summed E-state index contributed by atoms with van der Waals surface area (Å²) in [5.74, 6) is 0. The monoisotopic (exact) mass is 571 g/mol. The van der Waals surface area contributed by atoms with Crippen molar-refractivity contribution in [2.24, 2.45) is 0 Å². The molecule has 6 heteroatoms. The van der Waals surface area contributed by atoms with Crippen molar-refractivity contribution in [2.75, 3.05) is 34.4 Å². The van der Waals surface area contributed by atoms with E-state index in [1.807, 2.05) is 0 Å². The van der Waals surface area contributed by atoms with Gasteiger partial charge in [0.1, 0.15) is 0 Å². The molecule has 0 fully saturated rings. The van der Waals surface area contributed by atoms with Gasteiger partial charge in [-0.15, -0.1) is 12.4 Å². The lowest BCUT2D eigenvalue weighted by molar-refractivity contribution is 0.121. The van der Waals surface area contributed by atoms with E-state index >= 15 is 0 Å². The van der Waals surface area contributed by atoms with E-state index in [4.69, 9.17) is 13.3 Å². The van der Waals surface area contributed by atoms with E-state index in [2.05, 4.69) is 42.2 Å². The molecule has 0 N–H and O–H groups in total. The van der Waals surface area contributed by atoms with Crippen LogP contribution in [0.3, 0.4) is 0 Å². The highest BCUT2D eigenvalue weighted by molar-refractivity contribution is 6.60. The second-order valence-corrected chi connectivity index (χ2v) is 13.9. The summed E-state index contributed by atoms with van der Waals surface area (Å²) in [6, 6.07) is 11.7. The summed E-state index contributed by atoms with van der Waals surface area (Å²) in [6.07, 6.45) is 25.2. The van der Waals surface area contributed by atoms with Crippen LogP contribution in [0.5, 0.6) is 0 Å². The van der Waals surface area contributed by atoms with Gasteiger partial charge in [-0.05, 0) is 31.5 Å². The SMILES string of the molecule is CCCCCCCCCCCCCCCCCCCN(CCC[Si](OC)(OC)OC)Cc1ccccc1.Cl. The molecule has 0 radical (unpaired) electrons. The van der Waals surface area contributed by atoms with Crippen LogP contribution in [0.1, 0.15) is 128 Å². The Morgan fingerprint density at radius 1 is 0.553 bits per heavy atom. The van der Waals surface area contributed by atoms with E-state index < -0.39 is 8.80 Å². The Kier molecular flexibility index (Phi) is 26.5. The van der Waals surface area contributed by atoms with Crippen LogP contribution >= 0.6 is 12.4 Å². The number of rotatable bonds is 27. The molecule has 0 bridgehead atoms. The van der Waals surface area contributed by atoms with Crippen LogP contribution in [0, 0.1) is 0 Å². The molecule has 38 heavy (non-hydrogen) atoms. The van der Waals surface area contributed by atoms with E-state index in [1.165, 1.54) is 115 Å². The van der Waals surface area contributed by atoms with Crippen LogP contribution in [0.2, 0.25) is 6.04 Å². The fraction of sp³-hybridized carbons (Fsp3) is 0.812. The Balaban J connectivity index is 0.0000137. The number of halogens is 1. The molecule has 1 aromatic rings. The van der Waals surface area contributed by atoms with Crippen LogP contribution < -0.4 is 0 Å². The summed E-state index contributed by atoms with van der Waals surface area (Å²) in [5.41, 5.74) is 1.39. The fourth-order valence-corrected chi connectivity index (χ4v) is 6.95. The summed E-state index contributed by atoms with van der Waals surface area (Å²) in [6.45, 7) is 5.53. The Morgan fingerprint density at radius 3 is 1.37 bits per heavy atom. The molecule has 0 aliphatic rings. The quantitative estimate of drug-likeness (QED) is 0.0776. The number of hydrogen-bond acceptors (Lipinski definition) is 4. The molecular formula is C32H62ClNO3Si. The van der Waals surface area contributed by atoms with E-state index in [0.717, 1.165) is 32.1 Å². The molecule has 1 rings (SSSR count). The minimum atomic E-state index is -2.48. The van der Waals surface area contributed by atoms with Crippen molar-refractivity contribution in [2.45, 2.75) is 135 Å². The Labute approximate surface area is 244 Å². The zero-order chi connectivity index (χ0) is 26.9. The lowest BCUT2D eigenvalue weighted by Crippen LogP contribution is -2.43. The smallest absolute Gasteiger partial charge is 0.377 e. The summed E-state index contributed by atoms with van der Waals surface area (Å²) in [5, 5.41) is 0. The zero-order valence-electron chi connectivity index (χ0n) is 25.5. The molecule has 224 valence electrons. The number of nitrogens with zero attached hydrogens (tertiary/aromatic N) is 1. The van der Waals surface area contributed by atoms with E-state index in [0.29, 0.717) is 0 Å². The first-order valence-corrected chi connectivity index (χ1v) is 17.5. The van der Waals surface area contributed by atoms with Gasteiger partial charge in [-0.3, -0.25) is 4.90 Å². The summed E-state index contributed by atoms with van der Waals surface area (Å²) in [7, 11) is 2.64. The molecule has 0 heterocycles. The Hall–Kier alpha value is -0.433. The highest BCUT2D eigenvalue weighted by Crippen LogP contribution is 2.18. The Morgan fingerprint density at radius 2 is 0.947 bits per heavy atom. The molecule has 0 atom stereocenters. The summed E-state index contributed by atoms with van der Waals surface area (Å²) < 4.78 is 16.8. The molecule has 0 unspecified atom stereocenters. The van der Waals surface area contributed by atoms with Crippen LogP contribution in [-0.2, 0) is 19.8 Å². The van der Waals surface area contributed by atoms with Gasteiger partial charge in [0.05, 0.1) is 0 Å². The van der Waals surface area contributed by atoms with Crippen molar-refractivity contribution in [1.29, 1.82) is 0 Å². The zero-order valence-corrected chi connectivity index (χ0v) is 27.3. The van der Waals surface area contributed by atoms with Gasteiger partial charge in [0.2, 0.25) is 0 Å². The highest BCUT2D eigenvalue weighted by Gasteiger charge is 2.37. The first-order valence-electron chi connectivity index (χ1n) is 15.6. The van der Waals surface area contributed by atoms with Gasteiger partial charge in [-0.25, -0.2) is 0 Å². The standard InChI is InChI=1S/C32H61NO3Si.ClH/c1-5-6-7-8-9-10-11-12-13-14-15-16-17-18-19-20-24-28-33(31-32-26-22-21-23-27-32)29-25-30-37(34-2,35-3)36-4;/h21-23,26-27H,5-20,24-25,28-31H2,1-4H3;1H. The molecule has 1 aromatic carbocycles. The maximum Gasteiger partial charge on any atom is 0.500 e. The molecule has 0 saturated heterocycles. The molecule has 0 amide bonds. The van der Waals surface area contributed by atoms with Crippen LogP contribution in [0.25, 0.3) is 0 Å². The van der Waals surface area contributed by atoms with Crippen molar-refractivity contribution in [3.63, 3.8) is 0 Å². The summed E-state index contributed by atoms with van der Waals surface area (Å²) >= 11 is 0. The minimum absolute atomic E-state index is 0. The van der Waals surface area contributed by atoms with E-state index in [-0.39, 0.29) is 12.4 Å². The van der Waals surface area contributed by atoms with Gasteiger partial charge in [0, 0.05) is 33.9 Å². The normalized spacial score (nSPS) is 11.7. The van der Waals surface area contributed by atoms with E-state index in [1.54, 1.807) is 21.3 Å². The van der Waals surface area contributed by atoms with Gasteiger partial charge in [0.25, 0.3) is 0 Å². The predicted octanol–water partition coefficient (Wildman–Crippen LogP) is 9.83. The van der Waals surface area contributed by atoms with Crippen molar-refractivity contribution in [1.82, 2.24) is 4.90 Å². The molecule has 0 aliphatic heterocycles. The van der Waals surface area contributed by atoms with Crippen molar-refractivity contribution < 1.29 is 13.3 Å². The first-order chi connectivity index (χ1) is 18.2. The van der Waals surface area contributed by atoms with Crippen molar-refractivity contribution in [3.05, 3.63) is 35.9 Å². The number of benzene rings is 1. The lowest BCUT2D eigenvalue weighted by Gasteiger charge is -2.27. The van der Waals surface area contributed by atoms with Crippen LogP contribution in [0.4, 0.5) is 0 Å². The average Bonchev–Trinajstić information content (AvgIpc) is 2.93. The molecular weight excluding hydrogens is 510 g/mol. The molecule has 0 aliphatic carbocycles. The third-order valence-corrected chi connectivity index (χ3v) is 10.5. The molecule has 0 saturated carbocycles. The van der Waals surface area contributed by atoms with Crippen LogP contribution in [-0.4, -0.2) is 48.1 Å². The van der Waals surface area contributed by atoms with E-state index in [9.17, 15) is 0 Å². The number of hydrogen-bond donors (Lipinski definition) is 0. The predicted molar refractivity (Wildman–Crippen MR) is 169 cm³/mol. The summed E-state index contributed by atoms with van der Waals surface area (Å²) in [4.78, 5) is 2.60.